The molecule has 4 aromatic rings. The minimum absolute atomic E-state index is 0.312. The van der Waals surface area contributed by atoms with Gasteiger partial charge in [0.1, 0.15) is 0 Å². The van der Waals surface area contributed by atoms with E-state index < -0.39 is 61.1 Å². The van der Waals surface area contributed by atoms with Crippen molar-refractivity contribution in [3.63, 3.8) is 0 Å². The number of rotatable bonds is 16. The Balaban J connectivity index is 0.000000427. The summed E-state index contributed by atoms with van der Waals surface area (Å²) in [6, 6.07) is 0. The van der Waals surface area contributed by atoms with Gasteiger partial charge in [-0.1, -0.05) is 27.7 Å². The van der Waals surface area contributed by atoms with Gasteiger partial charge in [0.05, 0.1) is 122 Å². The van der Waals surface area contributed by atoms with Crippen molar-refractivity contribution < 1.29 is 52.6 Å². The smallest absolute Gasteiger partial charge is 0.231 e. The minimum Gasteiger partial charge on any atom is -0.480 e. The van der Waals surface area contributed by atoms with E-state index in [1.165, 1.54) is 78.0 Å². The molecule has 4 aromatic heterocycles. The fraction of sp³-hybridized carbons (Fsp3) is 0.556. The van der Waals surface area contributed by atoms with Crippen molar-refractivity contribution >= 4 is 40.1 Å². The second-order valence-electron chi connectivity index (χ2n) is 14.3. The number of primary sulfonamides is 4. The Kier molecular flexibility index (Phi) is 22.3. The molecule has 28 heteroatoms. The Morgan fingerprint density at radius 2 is 0.484 bits per heavy atom. The van der Waals surface area contributed by atoms with Crippen molar-refractivity contribution in [2.75, 3.05) is 28.4 Å². The lowest BCUT2D eigenvalue weighted by molar-refractivity contribution is 0.394. The largest absolute Gasteiger partial charge is 0.480 e. The predicted octanol–water partition coefficient (Wildman–Crippen LogP) is 1.06. The van der Waals surface area contributed by atoms with Crippen molar-refractivity contribution in [1.29, 1.82) is 0 Å². The van der Waals surface area contributed by atoms with E-state index in [2.05, 4.69) is 39.9 Å². The molecule has 4 rings (SSSR count). The van der Waals surface area contributed by atoms with E-state index in [0.717, 1.165) is 0 Å². The highest BCUT2D eigenvalue weighted by molar-refractivity contribution is 7.90. The number of ether oxygens (including phenoxy) is 4. The zero-order chi connectivity index (χ0) is 49.4. The first-order chi connectivity index (χ1) is 29.4. The molecule has 0 saturated carbocycles. The number of aromatic nitrogens is 8. The van der Waals surface area contributed by atoms with Gasteiger partial charge in [0.15, 0.2) is 0 Å². The molecule has 0 spiro atoms. The lowest BCUT2D eigenvalue weighted by Crippen LogP contribution is -2.30. The van der Waals surface area contributed by atoms with E-state index in [1.807, 2.05) is 0 Å². The van der Waals surface area contributed by atoms with Crippen LogP contribution in [0.25, 0.3) is 0 Å². The summed E-state index contributed by atoms with van der Waals surface area (Å²) in [6.45, 7) is 13.2. The van der Waals surface area contributed by atoms with Crippen LogP contribution in [-0.2, 0) is 40.1 Å². The molecule has 0 aliphatic heterocycles. The number of hydrogen-bond acceptors (Lipinski definition) is 20. The average Bonchev–Trinajstić information content (AvgIpc) is 3.26. The van der Waals surface area contributed by atoms with E-state index in [1.54, 1.807) is 55.4 Å². The Bertz CT molecular complexity index is 2120. The topological polar surface area (TPSA) is 381 Å². The summed E-state index contributed by atoms with van der Waals surface area (Å²) in [4.78, 5) is 32.2. The third-order valence-electron chi connectivity index (χ3n) is 10.2. The Labute approximate surface area is 376 Å². The summed E-state index contributed by atoms with van der Waals surface area (Å²) in [6.07, 6.45) is 11.7. The zero-order valence-corrected chi connectivity index (χ0v) is 40.9. The molecule has 0 bridgehead atoms. The summed E-state index contributed by atoms with van der Waals surface area (Å²) >= 11 is 0. The summed E-state index contributed by atoms with van der Waals surface area (Å²) in [7, 11) is -8.31. The van der Waals surface area contributed by atoms with Crippen LogP contribution < -0.4 is 39.5 Å². The molecule has 0 amide bonds. The lowest BCUT2D eigenvalue weighted by atomic mass is 10.1. The third-order valence-corrected chi connectivity index (χ3v) is 16.0. The minimum atomic E-state index is -3.56. The molecule has 0 saturated heterocycles. The van der Waals surface area contributed by atoms with Crippen LogP contribution in [0.2, 0.25) is 0 Å². The molecule has 0 unspecified atom stereocenters. The molecule has 0 aliphatic carbocycles. The van der Waals surface area contributed by atoms with Gasteiger partial charge < -0.3 is 18.9 Å². The van der Waals surface area contributed by atoms with Crippen LogP contribution in [0.4, 0.5) is 0 Å². The first kappa shape index (κ1) is 57.2. The van der Waals surface area contributed by atoms with E-state index in [-0.39, 0.29) is 23.7 Å². The van der Waals surface area contributed by atoms with Gasteiger partial charge in [-0.3, -0.25) is 19.9 Å². The van der Waals surface area contributed by atoms with Gasteiger partial charge in [0, 0.05) is 23.7 Å². The SMILES string of the molecule is COc1cnc([C@@H](C)[C@@H](C)S(N)(=O)=O)cn1.COc1cnc([C@@H](C)[C@H](C)S(N)(=O)=O)cn1.COc1cnc([C@H](C)[C@@H](C)S(N)(=O)=O)cn1.COc1cnc([C@H](C)[C@H](C)S(N)(=O)=O)cn1. The molecule has 64 heavy (non-hydrogen) atoms. The predicted molar refractivity (Wildman–Crippen MR) is 238 cm³/mol. The number of nitrogens with zero attached hydrogens (tertiary/aromatic N) is 8. The fourth-order valence-corrected chi connectivity index (χ4v) is 7.60. The number of hydrogen-bond donors (Lipinski definition) is 4. The van der Waals surface area contributed by atoms with Crippen molar-refractivity contribution in [2.45, 2.75) is 100 Å². The summed E-state index contributed by atoms with van der Waals surface area (Å²) in [5.74, 6) is 0.306. The average molecular weight is 981 g/mol. The van der Waals surface area contributed by atoms with Gasteiger partial charge in [0.25, 0.3) is 0 Å². The van der Waals surface area contributed by atoms with Crippen LogP contribution in [0.15, 0.2) is 49.6 Å². The highest BCUT2D eigenvalue weighted by Crippen LogP contribution is 2.24. The maximum atomic E-state index is 11.2. The first-order valence-electron chi connectivity index (χ1n) is 18.9. The van der Waals surface area contributed by atoms with Gasteiger partial charge in [-0.05, 0) is 27.7 Å². The number of methoxy groups -OCH3 is 4. The highest BCUT2D eigenvalue weighted by Gasteiger charge is 2.28. The molecule has 4 heterocycles. The number of sulfonamides is 4. The molecular formula is C36H60N12O12S4. The van der Waals surface area contributed by atoms with Gasteiger partial charge in [-0.2, -0.15) is 0 Å². The normalized spacial score (nSPS) is 15.5. The molecule has 8 N–H and O–H groups in total. The second-order valence-corrected chi connectivity index (χ2v) is 22.0. The summed E-state index contributed by atoms with van der Waals surface area (Å²) < 4.78 is 109. The second kappa shape index (κ2) is 25.0. The van der Waals surface area contributed by atoms with Gasteiger partial charge in [-0.15, -0.1) is 0 Å². The Hall–Kier alpha value is -4.84. The first-order valence-corrected chi connectivity index (χ1v) is 25.4. The molecule has 8 atom stereocenters. The molecular weight excluding hydrogens is 921 g/mol. The maximum absolute atomic E-state index is 11.2. The van der Waals surface area contributed by atoms with Crippen molar-refractivity contribution in [1.82, 2.24) is 39.9 Å². The van der Waals surface area contributed by atoms with Crippen molar-refractivity contribution in [3.8, 4) is 23.5 Å². The molecule has 0 aliphatic rings. The molecule has 24 nitrogen and oxygen atoms in total. The Morgan fingerprint density at radius 3 is 0.578 bits per heavy atom. The van der Waals surface area contributed by atoms with Crippen LogP contribution in [0.5, 0.6) is 23.5 Å². The fourth-order valence-electron chi connectivity index (χ4n) is 4.77. The summed E-state index contributed by atoms with van der Waals surface area (Å²) in [5, 5.41) is 17.5. The standard InChI is InChI=1S/4C9H15N3O3S/c4*1-6(7(2)16(10,13)14)8-4-12-9(15-3)5-11-8/h4*4-7H,1-3H3,(H2,10,13,14)/t2*6-,7+;2*6-,7-/m1010/s1. The van der Waals surface area contributed by atoms with E-state index in [4.69, 9.17) is 39.5 Å². The van der Waals surface area contributed by atoms with Crippen molar-refractivity contribution in [2.24, 2.45) is 20.6 Å². The summed E-state index contributed by atoms with van der Waals surface area (Å²) in [5.41, 5.74) is 2.29. The van der Waals surface area contributed by atoms with E-state index in [0.29, 0.717) is 46.3 Å². The molecule has 0 radical (unpaired) electrons. The monoisotopic (exact) mass is 980 g/mol. The van der Waals surface area contributed by atoms with E-state index >= 15 is 0 Å². The van der Waals surface area contributed by atoms with Crippen LogP contribution in [0, 0.1) is 0 Å². The van der Waals surface area contributed by atoms with Gasteiger partial charge in [0.2, 0.25) is 63.6 Å². The number of nitrogens with two attached hydrogens (primary N) is 4. The lowest BCUT2D eigenvalue weighted by Gasteiger charge is -2.16. The van der Waals surface area contributed by atoms with Crippen molar-refractivity contribution in [3.05, 3.63) is 72.4 Å². The third kappa shape index (κ3) is 18.3. The van der Waals surface area contributed by atoms with Gasteiger partial charge in [-0.25, -0.2) is 74.2 Å². The van der Waals surface area contributed by atoms with Crippen LogP contribution in [0.3, 0.4) is 0 Å². The van der Waals surface area contributed by atoms with Crippen LogP contribution >= 0.6 is 0 Å². The quantitative estimate of drug-likeness (QED) is 0.122. The van der Waals surface area contributed by atoms with Crippen LogP contribution in [0.1, 0.15) is 102 Å². The zero-order valence-electron chi connectivity index (χ0n) is 37.7. The molecule has 0 fully saturated rings. The Morgan fingerprint density at radius 1 is 0.328 bits per heavy atom. The van der Waals surface area contributed by atoms with Gasteiger partial charge >= 0.3 is 0 Å². The molecule has 360 valence electrons. The van der Waals surface area contributed by atoms with Crippen LogP contribution in [-0.4, -0.2) is 123 Å². The van der Waals surface area contributed by atoms with E-state index in [9.17, 15) is 33.7 Å². The molecule has 0 aromatic carbocycles. The highest BCUT2D eigenvalue weighted by atomic mass is 32.2. The maximum Gasteiger partial charge on any atom is 0.231 e.